The van der Waals surface area contributed by atoms with Crippen molar-refractivity contribution in [3.05, 3.63) is 46.5 Å². The van der Waals surface area contributed by atoms with Gasteiger partial charge in [-0.2, -0.15) is 4.98 Å². The first kappa shape index (κ1) is 9.77. The summed E-state index contributed by atoms with van der Waals surface area (Å²) in [5.41, 5.74) is 0.953. The summed E-state index contributed by atoms with van der Waals surface area (Å²) in [6.07, 6.45) is 0. The van der Waals surface area contributed by atoms with Crippen LogP contribution in [0.15, 0.2) is 39.6 Å². The Bertz CT molecular complexity index is 743. The summed E-state index contributed by atoms with van der Waals surface area (Å²) in [5.74, 6) is 0.752. The number of rotatable bonds is 1. The molecule has 0 aliphatic rings. The molecule has 2 heterocycles. The van der Waals surface area contributed by atoms with Crippen LogP contribution in [0, 0.1) is 6.92 Å². The molecule has 0 unspecified atom stereocenters. The normalized spacial score (nSPS) is 10.9. The van der Waals surface area contributed by atoms with E-state index in [4.69, 9.17) is 4.52 Å². The molecule has 0 radical (unpaired) electrons. The zero-order chi connectivity index (χ0) is 11.8. The largest absolute Gasteiger partial charge is 0.334 e. The second-order valence-electron chi connectivity index (χ2n) is 3.75. The molecule has 0 saturated heterocycles. The fourth-order valence-corrected chi connectivity index (χ4v) is 1.71. The van der Waals surface area contributed by atoms with E-state index in [1.165, 1.54) is 0 Å². The van der Waals surface area contributed by atoms with Gasteiger partial charge in [0.15, 0.2) is 5.82 Å². The lowest BCUT2D eigenvalue weighted by atomic mass is 10.1. The molecule has 3 rings (SSSR count). The van der Waals surface area contributed by atoms with Crippen LogP contribution in [0.25, 0.3) is 22.4 Å². The SMILES string of the molecule is Cc1noc(-c2cc3ccccc3[nH]c2=O)n1. The molecule has 5 nitrogen and oxygen atoms in total. The summed E-state index contributed by atoms with van der Waals surface area (Å²) in [5, 5.41) is 4.60. The minimum Gasteiger partial charge on any atom is -0.334 e. The van der Waals surface area contributed by atoms with Gasteiger partial charge in [0.05, 0.1) is 0 Å². The Morgan fingerprint density at radius 2 is 2.12 bits per heavy atom. The monoisotopic (exact) mass is 227 g/mol. The van der Waals surface area contributed by atoms with Gasteiger partial charge in [0.25, 0.3) is 11.4 Å². The van der Waals surface area contributed by atoms with Gasteiger partial charge in [0.1, 0.15) is 5.56 Å². The summed E-state index contributed by atoms with van der Waals surface area (Å²) < 4.78 is 5.00. The molecule has 5 heteroatoms. The third-order valence-corrected chi connectivity index (χ3v) is 2.51. The number of hydrogen-bond donors (Lipinski definition) is 1. The molecule has 1 aromatic carbocycles. The quantitative estimate of drug-likeness (QED) is 0.689. The Balaban J connectivity index is 2.30. The lowest BCUT2D eigenvalue weighted by Gasteiger charge is -1.98. The number of fused-ring (bicyclic) bond motifs is 1. The molecule has 3 aromatic rings. The molecule has 1 N–H and O–H groups in total. The van der Waals surface area contributed by atoms with Gasteiger partial charge >= 0.3 is 0 Å². The van der Waals surface area contributed by atoms with Crippen molar-refractivity contribution in [1.82, 2.24) is 15.1 Å². The van der Waals surface area contributed by atoms with Crippen molar-refractivity contribution in [2.45, 2.75) is 6.92 Å². The van der Waals surface area contributed by atoms with Gasteiger partial charge in [-0.25, -0.2) is 0 Å². The van der Waals surface area contributed by atoms with Gasteiger partial charge in [-0.1, -0.05) is 23.4 Å². The van der Waals surface area contributed by atoms with Gasteiger partial charge in [-0.3, -0.25) is 4.79 Å². The maximum Gasteiger partial charge on any atom is 0.263 e. The van der Waals surface area contributed by atoms with Crippen LogP contribution in [-0.2, 0) is 0 Å². The molecule has 17 heavy (non-hydrogen) atoms. The maximum atomic E-state index is 11.9. The van der Waals surface area contributed by atoms with E-state index in [2.05, 4.69) is 15.1 Å². The molecule has 0 spiro atoms. The highest BCUT2D eigenvalue weighted by Gasteiger charge is 2.11. The molecule has 0 bridgehead atoms. The molecule has 0 aliphatic carbocycles. The van der Waals surface area contributed by atoms with Crippen LogP contribution in [-0.4, -0.2) is 15.1 Å². The Morgan fingerprint density at radius 1 is 1.29 bits per heavy atom. The number of para-hydroxylation sites is 1. The zero-order valence-electron chi connectivity index (χ0n) is 9.10. The molecule has 0 atom stereocenters. The van der Waals surface area contributed by atoms with Crippen molar-refractivity contribution in [1.29, 1.82) is 0 Å². The highest BCUT2D eigenvalue weighted by Crippen LogP contribution is 2.17. The Hall–Kier alpha value is -2.43. The van der Waals surface area contributed by atoms with E-state index in [0.29, 0.717) is 11.4 Å². The molecule has 0 amide bonds. The number of hydrogen-bond acceptors (Lipinski definition) is 4. The van der Waals surface area contributed by atoms with Crippen LogP contribution in [0.2, 0.25) is 0 Å². The molecule has 0 saturated carbocycles. The first-order valence-corrected chi connectivity index (χ1v) is 5.17. The first-order valence-electron chi connectivity index (χ1n) is 5.17. The fourth-order valence-electron chi connectivity index (χ4n) is 1.71. The van der Waals surface area contributed by atoms with Crippen molar-refractivity contribution < 1.29 is 4.52 Å². The summed E-state index contributed by atoms with van der Waals surface area (Å²) in [6.45, 7) is 1.71. The number of aromatic amines is 1. The number of nitrogens with zero attached hydrogens (tertiary/aromatic N) is 2. The van der Waals surface area contributed by atoms with Crippen molar-refractivity contribution >= 4 is 10.9 Å². The van der Waals surface area contributed by atoms with E-state index in [9.17, 15) is 4.79 Å². The van der Waals surface area contributed by atoms with Crippen LogP contribution in [0.1, 0.15) is 5.82 Å². The average molecular weight is 227 g/mol. The number of H-pyrrole nitrogens is 1. The fraction of sp³-hybridized carbons (Fsp3) is 0.0833. The van der Waals surface area contributed by atoms with Crippen molar-refractivity contribution in [2.24, 2.45) is 0 Å². The zero-order valence-corrected chi connectivity index (χ0v) is 9.10. The van der Waals surface area contributed by atoms with E-state index >= 15 is 0 Å². The number of pyridine rings is 1. The van der Waals surface area contributed by atoms with Crippen LogP contribution in [0.3, 0.4) is 0 Å². The number of aromatic nitrogens is 3. The van der Waals surface area contributed by atoms with Gasteiger partial charge in [-0.15, -0.1) is 0 Å². The van der Waals surface area contributed by atoms with Gasteiger partial charge in [0.2, 0.25) is 0 Å². The average Bonchev–Trinajstić information content (AvgIpc) is 2.75. The lowest BCUT2D eigenvalue weighted by Crippen LogP contribution is -2.08. The molecular weight excluding hydrogens is 218 g/mol. The highest BCUT2D eigenvalue weighted by molar-refractivity contribution is 5.81. The van der Waals surface area contributed by atoms with Crippen molar-refractivity contribution in [3.8, 4) is 11.5 Å². The standard InChI is InChI=1S/C12H9N3O2/c1-7-13-12(17-15-7)9-6-8-4-2-3-5-10(8)14-11(9)16/h2-6H,1H3,(H,14,16). The Labute approximate surface area is 96.1 Å². The molecule has 84 valence electrons. The third kappa shape index (κ3) is 1.61. The predicted molar refractivity (Wildman–Crippen MR) is 62.6 cm³/mol. The number of nitrogens with one attached hydrogen (secondary N) is 1. The van der Waals surface area contributed by atoms with Crippen LogP contribution in [0.5, 0.6) is 0 Å². The first-order chi connectivity index (χ1) is 8.24. The van der Waals surface area contributed by atoms with Crippen molar-refractivity contribution in [2.75, 3.05) is 0 Å². The molecular formula is C12H9N3O2. The van der Waals surface area contributed by atoms with Gasteiger partial charge in [0, 0.05) is 5.52 Å². The second kappa shape index (κ2) is 3.55. The predicted octanol–water partition coefficient (Wildman–Crippen LogP) is 1.89. The number of aryl methyl sites for hydroxylation is 1. The van der Waals surface area contributed by atoms with Gasteiger partial charge < -0.3 is 9.51 Å². The Morgan fingerprint density at radius 3 is 2.88 bits per heavy atom. The van der Waals surface area contributed by atoms with Crippen molar-refractivity contribution in [3.63, 3.8) is 0 Å². The van der Waals surface area contributed by atoms with Crippen LogP contribution < -0.4 is 5.56 Å². The second-order valence-corrected chi connectivity index (χ2v) is 3.75. The molecule has 0 aliphatic heterocycles. The van der Waals surface area contributed by atoms with E-state index in [1.807, 2.05) is 24.3 Å². The maximum absolute atomic E-state index is 11.9. The lowest BCUT2D eigenvalue weighted by molar-refractivity contribution is 0.425. The summed E-state index contributed by atoms with van der Waals surface area (Å²) in [4.78, 5) is 18.7. The van der Waals surface area contributed by atoms with E-state index in [-0.39, 0.29) is 11.4 Å². The third-order valence-electron chi connectivity index (χ3n) is 2.51. The highest BCUT2D eigenvalue weighted by atomic mass is 16.5. The van der Waals surface area contributed by atoms with E-state index in [0.717, 1.165) is 10.9 Å². The molecule has 0 fully saturated rings. The smallest absolute Gasteiger partial charge is 0.263 e. The topological polar surface area (TPSA) is 71.8 Å². The summed E-state index contributed by atoms with van der Waals surface area (Å²) >= 11 is 0. The Kier molecular flexibility index (Phi) is 2.04. The number of benzene rings is 1. The van der Waals surface area contributed by atoms with Crippen LogP contribution in [0.4, 0.5) is 0 Å². The summed E-state index contributed by atoms with van der Waals surface area (Å²) in [6, 6.07) is 9.29. The molecule has 2 aromatic heterocycles. The minimum atomic E-state index is -0.229. The minimum absolute atomic E-state index is 0.229. The van der Waals surface area contributed by atoms with E-state index in [1.54, 1.807) is 13.0 Å². The summed E-state index contributed by atoms with van der Waals surface area (Å²) in [7, 11) is 0. The van der Waals surface area contributed by atoms with E-state index < -0.39 is 0 Å². The van der Waals surface area contributed by atoms with Crippen LogP contribution >= 0.6 is 0 Å². The van der Waals surface area contributed by atoms with Gasteiger partial charge in [-0.05, 0) is 24.4 Å².